The normalized spacial score (nSPS) is 12.7. The Morgan fingerprint density at radius 3 is 2.29 bits per heavy atom. The van der Waals surface area contributed by atoms with Crippen LogP contribution in [0.25, 0.3) is 0 Å². The first-order valence-corrected chi connectivity index (χ1v) is 7.36. The first-order valence-electron chi connectivity index (χ1n) is 5.00. The van der Waals surface area contributed by atoms with Crippen LogP contribution >= 0.6 is 50.5 Å². The van der Waals surface area contributed by atoms with Gasteiger partial charge in [-0.1, -0.05) is 29.3 Å². The molecule has 0 aliphatic carbocycles. The Hall–Kier alpha value is -0.0600. The zero-order valence-electron chi connectivity index (χ0n) is 9.01. The number of benzene rings is 1. The number of hydrogen-bond acceptors (Lipinski definition) is 2. The van der Waals surface area contributed by atoms with E-state index in [4.69, 9.17) is 23.2 Å². The number of nitrogens with one attached hydrogen (secondary N) is 1. The molecule has 2 aromatic rings. The third-order valence-electron chi connectivity index (χ3n) is 2.46. The summed E-state index contributed by atoms with van der Waals surface area (Å²) in [6.07, 6.45) is 0. The van der Waals surface area contributed by atoms with Crippen LogP contribution in [0.3, 0.4) is 0 Å². The molecule has 1 heterocycles. The summed E-state index contributed by atoms with van der Waals surface area (Å²) in [5, 5.41) is 4.61. The Bertz CT molecular complexity index is 507. The number of halogens is 3. The van der Waals surface area contributed by atoms with Crippen LogP contribution in [-0.2, 0) is 0 Å². The highest BCUT2D eigenvalue weighted by Gasteiger charge is 2.19. The van der Waals surface area contributed by atoms with Crippen molar-refractivity contribution in [2.45, 2.75) is 6.04 Å². The van der Waals surface area contributed by atoms with Gasteiger partial charge in [-0.05, 0) is 47.2 Å². The lowest BCUT2D eigenvalue weighted by atomic mass is 10.1. The fourth-order valence-corrected chi connectivity index (χ4v) is 3.86. The molecule has 5 heteroatoms. The van der Waals surface area contributed by atoms with Crippen molar-refractivity contribution in [2.75, 3.05) is 7.05 Å². The molecule has 0 saturated carbocycles. The molecule has 0 amide bonds. The van der Waals surface area contributed by atoms with Gasteiger partial charge < -0.3 is 5.32 Å². The first-order chi connectivity index (χ1) is 8.13. The van der Waals surface area contributed by atoms with E-state index in [0.29, 0.717) is 10.0 Å². The zero-order valence-corrected chi connectivity index (χ0v) is 12.9. The van der Waals surface area contributed by atoms with Gasteiger partial charge in [-0.3, -0.25) is 0 Å². The van der Waals surface area contributed by atoms with E-state index < -0.39 is 0 Å². The van der Waals surface area contributed by atoms with Crippen LogP contribution < -0.4 is 5.32 Å². The molecule has 2 rings (SSSR count). The SMILES string of the molecule is CNC(c1ccc(Br)s1)c1c(Cl)cccc1Cl. The van der Waals surface area contributed by atoms with Crippen molar-refractivity contribution in [3.8, 4) is 0 Å². The van der Waals surface area contributed by atoms with E-state index >= 15 is 0 Å². The zero-order chi connectivity index (χ0) is 12.4. The van der Waals surface area contributed by atoms with Gasteiger partial charge in [0.1, 0.15) is 0 Å². The van der Waals surface area contributed by atoms with Gasteiger partial charge in [0.25, 0.3) is 0 Å². The van der Waals surface area contributed by atoms with Crippen molar-refractivity contribution in [1.82, 2.24) is 5.32 Å². The molecule has 1 N–H and O–H groups in total. The van der Waals surface area contributed by atoms with Gasteiger partial charge in [-0.2, -0.15) is 0 Å². The van der Waals surface area contributed by atoms with Gasteiger partial charge in [0, 0.05) is 20.5 Å². The molecule has 0 fully saturated rings. The second-order valence-electron chi connectivity index (χ2n) is 3.50. The standard InChI is InChI=1S/C12H10BrCl2NS/c1-16-12(9-5-6-10(13)17-9)11-7(14)3-2-4-8(11)15/h2-6,12,16H,1H3. The molecule has 1 nitrogen and oxygen atoms in total. The Labute approximate surface area is 123 Å². The molecule has 1 atom stereocenters. The van der Waals surface area contributed by atoms with Crippen molar-refractivity contribution < 1.29 is 0 Å². The second-order valence-corrected chi connectivity index (χ2v) is 6.81. The van der Waals surface area contributed by atoms with Crippen LogP contribution in [0.5, 0.6) is 0 Å². The van der Waals surface area contributed by atoms with Gasteiger partial charge in [0.2, 0.25) is 0 Å². The summed E-state index contributed by atoms with van der Waals surface area (Å²) in [6, 6.07) is 9.68. The summed E-state index contributed by atoms with van der Waals surface area (Å²) < 4.78 is 1.09. The molecule has 1 aromatic heterocycles. The van der Waals surface area contributed by atoms with Crippen LogP contribution in [-0.4, -0.2) is 7.05 Å². The van der Waals surface area contributed by atoms with Crippen molar-refractivity contribution in [3.05, 3.63) is 54.6 Å². The van der Waals surface area contributed by atoms with Gasteiger partial charge in [-0.15, -0.1) is 11.3 Å². The van der Waals surface area contributed by atoms with Gasteiger partial charge >= 0.3 is 0 Å². The minimum absolute atomic E-state index is 0.0208. The summed E-state index contributed by atoms with van der Waals surface area (Å²) in [7, 11) is 1.90. The molecule has 17 heavy (non-hydrogen) atoms. The third-order valence-corrected chi connectivity index (χ3v) is 4.80. The van der Waals surface area contributed by atoms with E-state index in [2.05, 4.69) is 27.3 Å². The quantitative estimate of drug-likeness (QED) is 0.809. The predicted octanol–water partition coefficient (Wildman–Crippen LogP) is 5.13. The molecule has 1 aromatic carbocycles. The van der Waals surface area contributed by atoms with E-state index in [0.717, 1.165) is 9.35 Å². The first kappa shape index (κ1) is 13.4. The Morgan fingerprint density at radius 1 is 1.18 bits per heavy atom. The minimum Gasteiger partial charge on any atom is -0.309 e. The number of hydrogen-bond donors (Lipinski definition) is 1. The number of thiophene rings is 1. The minimum atomic E-state index is 0.0208. The molecule has 0 aliphatic rings. The number of rotatable bonds is 3. The molecule has 0 spiro atoms. The van der Waals surface area contributed by atoms with Gasteiger partial charge in [0.05, 0.1) is 9.83 Å². The highest BCUT2D eigenvalue weighted by molar-refractivity contribution is 9.11. The molecule has 0 radical (unpaired) electrons. The summed E-state index contributed by atoms with van der Waals surface area (Å²) in [4.78, 5) is 1.18. The van der Waals surface area contributed by atoms with Crippen molar-refractivity contribution in [2.24, 2.45) is 0 Å². The largest absolute Gasteiger partial charge is 0.309 e. The van der Waals surface area contributed by atoms with E-state index in [1.807, 2.05) is 31.3 Å². The van der Waals surface area contributed by atoms with Crippen LogP contribution in [0.15, 0.2) is 34.1 Å². The lowest BCUT2D eigenvalue weighted by Crippen LogP contribution is -2.17. The summed E-state index contributed by atoms with van der Waals surface area (Å²) in [5.74, 6) is 0. The van der Waals surface area contributed by atoms with Crippen LogP contribution in [0.2, 0.25) is 10.0 Å². The fourth-order valence-electron chi connectivity index (χ4n) is 1.70. The predicted molar refractivity (Wildman–Crippen MR) is 79.4 cm³/mol. The summed E-state index contributed by atoms with van der Waals surface area (Å²) >= 11 is 17.6. The third kappa shape index (κ3) is 2.85. The molecule has 0 aliphatic heterocycles. The van der Waals surface area contributed by atoms with E-state index in [1.165, 1.54) is 4.88 Å². The molecular weight excluding hydrogens is 341 g/mol. The van der Waals surface area contributed by atoms with E-state index in [-0.39, 0.29) is 6.04 Å². The molecule has 1 unspecified atom stereocenters. The highest BCUT2D eigenvalue weighted by atomic mass is 79.9. The Kier molecular flexibility index (Phi) is 4.50. The molecule has 90 valence electrons. The maximum absolute atomic E-state index is 6.23. The van der Waals surface area contributed by atoms with Crippen molar-refractivity contribution in [3.63, 3.8) is 0 Å². The van der Waals surface area contributed by atoms with Gasteiger partial charge in [0.15, 0.2) is 0 Å². The highest BCUT2D eigenvalue weighted by Crippen LogP contribution is 2.37. The molecule has 0 bridgehead atoms. The maximum Gasteiger partial charge on any atom is 0.0702 e. The van der Waals surface area contributed by atoms with E-state index in [9.17, 15) is 0 Å². The monoisotopic (exact) mass is 349 g/mol. The second kappa shape index (κ2) is 5.72. The van der Waals surface area contributed by atoms with Crippen LogP contribution in [0, 0.1) is 0 Å². The topological polar surface area (TPSA) is 12.0 Å². The Morgan fingerprint density at radius 2 is 1.82 bits per heavy atom. The van der Waals surface area contributed by atoms with Crippen LogP contribution in [0.1, 0.15) is 16.5 Å². The van der Waals surface area contributed by atoms with Crippen molar-refractivity contribution >= 4 is 50.5 Å². The lowest BCUT2D eigenvalue weighted by Gasteiger charge is -2.18. The maximum atomic E-state index is 6.23. The smallest absolute Gasteiger partial charge is 0.0702 e. The Balaban J connectivity index is 2.49. The van der Waals surface area contributed by atoms with Gasteiger partial charge in [-0.25, -0.2) is 0 Å². The summed E-state index contributed by atoms with van der Waals surface area (Å²) in [5.41, 5.74) is 0.924. The average molecular weight is 351 g/mol. The average Bonchev–Trinajstić information content (AvgIpc) is 2.70. The van der Waals surface area contributed by atoms with Crippen LogP contribution in [0.4, 0.5) is 0 Å². The fraction of sp³-hybridized carbons (Fsp3) is 0.167. The van der Waals surface area contributed by atoms with Crippen molar-refractivity contribution in [1.29, 1.82) is 0 Å². The van der Waals surface area contributed by atoms with E-state index in [1.54, 1.807) is 11.3 Å². The summed E-state index contributed by atoms with van der Waals surface area (Å²) in [6.45, 7) is 0. The lowest BCUT2D eigenvalue weighted by molar-refractivity contribution is 0.704. The molecular formula is C12H10BrCl2NS. The molecule has 0 saturated heterocycles.